The summed E-state index contributed by atoms with van der Waals surface area (Å²) >= 11 is 0. The van der Waals surface area contributed by atoms with E-state index in [-0.39, 0.29) is 23.0 Å². The molecule has 0 spiro atoms. The number of rotatable bonds is 3. The van der Waals surface area contributed by atoms with Gasteiger partial charge < -0.3 is 11.1 Å². The smallest absolute Gasteiger partial charge is 0.330 e. The molecular weight excluding hydrogens is 232 g/mol. The minimum Gasteiger partial charge on any atom is -0.383 e. The van der Waals surface area contributed by atoms with Gasteiger partial charge in [0.25, 0.3) is 5.56 Å². The van der Waals surface area contributed by atoms with E-state index in [1.807, 2.05) is 6.92 Å². The molecule has 0 aromatic carbocycles. The molecule has 6 heteroatoms. The summed E-state index contributed by atoms with van der Waals surface area (Å²) in [5.74, 6) is 0.183. The minimum atomic E-state index is -0.478. The lowest BCUT2D eigenvalue weighted by Gasteiger charge is -2.29. The molecule has 102 valence electrons. The zero-order chi connectivity index (χ0) is 14.1. The predicted molar refractivity (Wildman–Crippen MR) is 73.9 cm³/mol. The molecule has 0 radical (unpaired) electrons. The van der Waals surface area contributed by atoms with Crippen molar-refractivity contribution in [3.63, 3.8) is 0 Å². The van der Waals surface area contributed by atoms with Crippen LogP contribution >= 0.6 is 0 Å². The standard InChI is InChI=1S/C12H22N4O2/c1-6-16-9(13)8(10(17)15-11(16)18)14-7(2)12(3,4)5/h7,14H,6,13H2,1-5H3,(H,15,17,18). The lowest BCUT2D eigenvalue weighted by molar-refractivity contribution is 0.359. The number of nitrogens with one attached hydrogen (secondary N) is 2. The summed E-state index contributed by atoms with van der Waals surface area (Å²) in [5, 5.41) is 3.09. The largest absolute Gasteiger partial charge is 0.383 e. The van der Waals surface area contributed by atoms with Crippen LogP contribution in [0.5, 0.6) is 0 Å². The summed E-state index contributed by atoms with van der Waals surface area (Å²) in [5.41, 5.74) is 5.16. The molecule has 1 atom stereocenters. The van der Waals surface area contributed by atoms with Crippen LogP contribution in [0.15, 0.2) is 9.59 Å². The normalized spacial score (nSPS) is 13.4. The number of hydrogen-bond donors (Lipinski definition) is 3. The fourth-order valence-corrected chi connectivity index (χ4v) is 1.47. The molecule has 1 aromatic rings. The van der Waals surface area contributed by atoms with Crippen LogP contribution < -0.4 is 22.3 Å². The average Bonchev–Trinajstić information content (AvgIpc) is 2.22. The van der Waals surface area contributed by atoms with Gasteiger partial charge in [-0.1, -0.05) is 20.8 Å². The van der Waals surface area contributed by atoms with Gasteiger partial charge in [0.05, 0.1) is 0 Å². The van der Waals surface area contributed by atoms with Crippen molar-refractivity contribution in [2.45, 2.75) is 47.2 Å². The third-order valence-electron chi connectivity index (χ3n) is 3.22. The van der Waals surface area contributed by atoms with E-state index in [0.717, 1.165) is 0 Å². The Labute approximate surface area is 106 Å². The van der Waals surface area contributed by atoms with E-state index in [4.69, 9.17) is 5.73 Å². The Hall–Kier alpha value is -1.72. The fourth-order valence-electron chi connectivity index (χ4n) is 1.47. The monoisotopic (exact) mass is 254 g/mol. The second kappa shape index (κ2) is 4.88. The number of aromatic nitrogens is 2. The molecule has 0 amide bonds. The molecule has 0 aliphatic heterocycles. The molecule has 1 unspecified atom stereocenters. The van der Waals surface area contributed by atoms with Crippen LogP contribution in [0.2, 0.25) is 0 Å². The molecule has 0 fully saturated rings. The van der Waals surface area contributed by atoms with Gasteiger partial charge in [-0.2, -0.15) is 0 Å². The molecule has 0 saturated heterocycles. The predicted octanol–water partition coefficient (Wildman–Crippen LogP) is 0.985. The van der Waals surface area contributed by atoms with Crippen molar-refractivity contribution in [2.24, 2.45) is 5.41 Å². The van der Waals surface area contributed by atoms with Crippen LogP contribution in [0.25, 0.3) is 0 Å². The fraction of sp³-hybridized carbons (Fsp3) is 0.667. The van der Waals surface area contributed by atoms with Crippen LogP contribution in [0.3, 0.4) is 0 Å². The van der Waals surface area contributed by atoms with Crippen LogP contribution in [-0.2, 0) is 6.54 Å². The van der Waals surface area contributed by atoms with Gasteiger partial charge in [0, 0.05) is 12.6 Å². The molecule has 1 rings (SSSR count). The maximum absolute atomic E-state index is 11.8. The van der Waals surface area contributed by atoms with Crippen molar-refractivity contribution in [2.75, 3.05) is 11.1 Å². The molecule has 1 heterocycles. The lowest BCUT2D eigenvalue weighted by Crippen LogP contribution is -2.38. The van der Waals surface area contributed by atoms with E-state index in [1.54, 1.807) is 6.92 Å². The number of nitrogens with zero attached hydrogens (tertiary/aromatic N) is 1. The SMILES string of the molecule is CCn1c(N)c(NC(C)C(C)(C)C)c(=O)[nH]c1=O. The Morgan fingerprint density at radius 1 is 1.39 bits per heavy atom. The number of anilines is 2. The molecule has 4 N–H and O–H groups in total. The van der Waals surface area contributed by atoms with Gasteiger partial charge in [-0.15, -0.1) is 0 Å². The van der Waals surface area contributed by atoms with Crippen LogP contribution in [0.4, 0.5) is 11.5 Å². The highest BCUT2D eigenvalue weighted by atomic mass is 16.2. The number of H-pyrrole nitrogens is 1. The maximum Gasteiger partial charge on any atom is 0.330 e. The highest BCUT2D eigenvalue weighted by molar-refractivity contribution is 5.60. The Morgan fingerprint density at radius 3 is 2.39 bits per heavy atom. The first-order chi connectivity index (χ1) is 8.18. The van der Waals surface area contributed by atoms with E-state index < -0.39 is 11.2 Å². The van der Waals surface area contributed by atoms with Gasteiger partial charge in [-0.3, -0.25) is 14.3 Å². The third-order valence-corrected chi connectivity index (χ3v) is 3.22. The Kier molecular flexibility index (Phi) is 3.88. The van der Waals surface area contributed by atoms with E-state index in [1.165, 1.54) is 4.57 Å². The van der Waals surface area contributed by atoms with Crippen molar-refractivity contribution in [3.8, 4) is 0 Å². The van der Waals surface area contributed by atoms with E-state index in [9.17, 15) is 9.59 Å². The summed E-state index contributed by atoms with van der Waals surface area (Å²) in [6.45, 7) is 10.4. The quantitative estimate of drug-likeness (QED) is 0.749. The topological polar surface area (TPSA) is 92.9 Å². The summed E-state index contributed by atoms with van der Waals surface area (Å²) < 4.78 is 1.33. The average molecular weight is 254 g/mol. The molecular formula is C12H22N4O2. The van der Waals surface area contributed by atoms with Crippen molar-refractivity contribution in [1.82, 2.24) is 9.55 Å². The van der Waals surface area contributed by atoms with Gasteiger partial charge in [-0.25, -0.2) is 4.79 Å². The Bertz CT molecular complexity index is 536. The number of nitrogen functional groups attached to an aromatic ring is 1. The summed E-state index contributed by atoms with van der Waals surface area (Å²) in [6.07, 6.45) is 0. The summed E-state index contributed by atoms with van der Waals surface area (Å²) in [4.78, 5) is 25.6. The van der Waals surface area contributed by atoms with Crippen molar-refractivity contribution in [3.05, 3.63) is 20.8 Å². The molecule has 0 aliphatic carbocycles. The van der Waals surface area contributed by atoms with Gasteiger partial charge in [0.1, 0.15) is 11.5 Å². The van der Waals surface area contributed by atoms with Crippen molar-refractivity contribution < 1.29 is 0 Å². The maximum atomic E-state index is 11.8. The Balaban J connectivity index is 3.26. The van der Waals surface area contributed by atoms with Crippen LogP contribution in [0.1, 0.15) is 34.6 Å². The molecule has 0 aliphatic rings. The van der Waals surface area contributed by atoms with E-state index >= 15 is 0 Å². The number of nitrogens with two attached hydrogens (primary N) is 1. The lowest BCUT2D eigenvalue weighted by atomic mass is 9.88. The van der Waals surface area contributed by atoms with E-state index in [2.05, 4.69) is 31.1 Å². The molecule has 18 heavy (non-hydrogen) atoms. The molecule has 0 saturated carbocycles. The first-order valence-corrected chi connectivity index (χ1v) is 6.07. The number of aromatic amines is 1. The zero-order valence-electron chi connectivity index (χ0n) is 11.6. The van der Waals surface area contributed by atoms with Crippen LogP contribution in [0, 0.1) is 5.41 Å². The van der Waals surface area contributed by atoms with E-state index in [0.29, 0.717) is 6.54 Å². The first kappa shape index (κ1) is 14.3. The molecule has 0 bridgehead atoms. The minimum absolute atomic E-state index is 0.0218. The highest BCUT2D eigenvalue weighted by Crippen LogP contribution is 2.23. The Morgan fingerprint density at radius 2 is 1.94 bits per heavy atom. The summed E-state index contributed by atoms with van der Waals surface area (Å²) in [6, 6.07) is 0.0451. The second-order valence-corrected chi connectivity index (χ2v) is 5.50. The first-order valence-electron chi connectivity index (χ1n) is 6.07. The van der Waals surface area contributed by atoms with Gasteiger partial charge >= 0.3 is 5.69 Å². The van der Waals surface area contributed by atoms with Gasteiger partial charge in [-0.05, 0) is 19.3 Å². The number of hydrogen-bond acceptors (Lipinski definition) is 4. The molecule has 6 nitrogen and oxygen atoms in total. The van der Waals surface area contributed by atoms with Gasteiger partial charge in [0.15, 0.2) is 0 Å². The van der Waals surface area contributed by atoms with Crippen LogP contribution in [-0.4, -0.2) is 15.6 Å². The zero-order valence-corrected chi connectivity index (χ0v) is 11.6. The molecule has 1 aromatic heterocycles. The second-order valence-electron chi connectivity index (χ2n) is 5.50. The third kappa shape index (κ3) is 2.75. The summed E-state index contributed by atoms with van der Waals surface area (Å²) in [7, 11) is 0. The highest BCUT2D eigenvalue weighted by Gasteiger charge is 2.22. The van der Waals surface area contributed by atoms with Crippen molar-refractivity contribution >= 4 is 11.5 Å². The van der Waals surface area contributed by atoms with Gasteiger partial charge in [0.2, 0.25) is 0 Å². The van der Waals surface area contributed by atoms with Crippen molar-refractivity contribution in [1.29, 1.82) is 0 Å².